The Morgan fingerprint density at radius 3 is 3.00 bits per heavy atom. The van der Waals surface area contributed by atoms with Gasteiger partial charge in [0.05, 0.1) is 15.5 Å². The van der Waals surface area contributed by atoms with Crippen molar-refractivity contribution in [2.24, 2.45) is 0 Å². The van der Waals surface area contributed by atoms with E-state index in [2.05, 4.69) is 41.4 Å². The van der Waals surface area contributed by atoms with Crippen LogP contribution in [0, 0.1) is 5.82 Å². The highest BCUT2D eigenvalue weighted by Gasteiger charge is 2.26. The zero-order valence-electron chi connectivity index (χ0n) is 15.5. The summed E-state index contributed by atoms with van der Waals surface area (Å²) in [7, 11) is 0. The molecule has 1 fully saturated rings. The molecule has 1 amide bonds. The third kappa shape index (κ3) is 4.12. The van der Waals surface area contributed by atoms with Crippen LogP contribution in [0.1, 0.15) is 40.5 Å². The lowest BCUT2D eigenvalue weighted by molar-refractivity contribution is 0.102. The molecule has 0 atom stereocenters. The molecular formula is C20H15BrFN5OS2. The van der Waals surface area contributed by atoms with Crippen LogP contribution in [0.15, 0.2) is 45.2 Å². The first-order valence-corrected chi connectivity index (χ1v) is 11.9. The lowest BCUT2D eigenvalue weighted by Crippen LogP contribution is -2.11. The van der Waals surface area contributed by atoms with Gasteiger partial charge in [-0.15, -0.1) is 10.2 Å². The summed E-state index contributed by atoms with van der Waals surface area (Å²) in [5, 5.41) is 11.3. The van der Waals surface area contributed by atoms with Crippen molar-refractivity contribution in [3.63, 3.8) is 0 Å². The topological polar surface area (TPSA) is 83.6 Å². The van der Waals surface area contributed by atoms with E-state index in [9.17, 15) is 9.18 Å². The number of anilines is 1. The summed E-state index contributed by atoms with van der Waals surface area (Å²) in [6, 6.07) is 10.6. The Hall–Kier alpha value is -2.30. The molecule has 2 N–H and O–H groups in total. The summed E-state index contributed by atoms with van der Waals surface area (Å²) < 4.78 is 15.2. The van der Waals surface area contributed by atoms with E-state index in [1.165, 1.54) is 35.9 Å². The molecule has 4 aromatic rings. The van der Waals surface area contributed by atoms with Crippen LogP contribution in [0.4, 0.5) is 9.52 Å². The van der Waals surface area contributed by atoms with E-state index in [4.69, 9.17) is 0 Å². The molecule has 0 spiro atoms. The van der Waals surface area contributed by atoms with Crippen LogP contribution in [0.5, 0.6) is 0 Å². The first-order valence-electron chi connectivity index (χ1n) is 9.27. The summed E-state index contributed by atoms with van der Waals surface area (Å²) in [5.41, 5.74) is 2.82. The van der Waals surface area contributed by atoms with E-state index in [1.807, 2.05) is 6.07 Å². The highest BCUT2D eigenvalue weighted by atomic mass is 79.9. The highest BCUT2D eigenvalue weighted by molar-refractivity contribution is 9.10. The third-order valence-electron chi connectivity index (χ3n) is 4.74. The van der Waals surface area contributed by atoms with Crippen LogP contribution in [0.3, 0.4) is 0 Å². The minimum atomic E-state index is -0.276. The van der Waals surface area contributed by atoms with Crippen molar-refractivity contribution in [1.82, 2.24) is 20.2 Å². The molecule has 2 aromatic carbocycles. The molecule has 1 saturated carbocycles. The second-order valence-corrected chi connectivity index (χ2v) is 10.0. The smallest absolute Gasteiger partial charge is 0.257 e. The van der Waals surface area contributed by atoms with Crippen molar-refractivity contribution in [2.75, 3.05) is 5.32 Å². The first-order chi connectivity index (χ1) is 14.6. The second-order valence-electron chi connectivity index (χ2n) is 6.96. The number of hydrogen-bond acceptors (Lipinski definition) is 6. The zero-order valence-corrected chi connectivity index (χ0v) is 18.7. The lowest BCUT2D eigenvalue weighted by atomic mass is 10.2. The molecule has 0 aliphatic heterocycles. The zero-order chi connectivity index (χ0) is 20.7. The van der Waals surface area contributed by atoms with Crippen molar-refractivity contribution in [3.8, 4) is 0 Å². The molecule has 0 bridgehead atoms. The maximum absolute atomic E-state index is 14.1. The maximum Gasteiger partial charge on any atom is 0.257 e. The number of carbonyl (C=O) groups excluding carboxylic acids is 1. The SMILES string of the molecule is O=C(Nc1nnc(SCc2cccc(Br)c2F)s1)c1ccc2nc(C3CC3)[nH]c2c1. The van der Waals surface area contributed by atoms with Crippen molar-refractivity contribution >= 4 is 61.1 Å². The first kappa shape index (κ1) is 19.7. The number of nitrogens with one attached hydrogen (secondary N) is 2. The minimum Gasteiger partial charge on any atom is -0.342 e. The monoisotopic (exact) mass is 503 g/mol. The van der Waals surface area contributed by atoms with E-state index in [0.29, 0.717) is 36.7 Å². The molecule has 152 valence electrons. The van der Waals surface area contributed by atoms with Gasteiger partial charge in [-0.2, -0.15) is 0 Å². The van der Waals surface area contributed by atoms with Gasteiger partial charge in [-0.25, -0.2) is 9.37 Å². The Bertz CT molecular complexity index is 1250. The number of fused-ring (bicyclic) bond motifs is 1. The molecule has 1 aliphatic rings. The van der Waals surface area contributed by atoms with Crippen LogP contribution in [0.2, 0.25) is 0 Å². The number of imidazole rings is 1. The van der Waals surface area contributed by atoms with Gasteiger partial charge in [-0.1, -0.05) is 35.2 Å². The van der Waals surface area contributed by atoms with E-state index in [1.54, 1.807) is 30.3 Å². The van der Waals surface area contributed by atoms with Gasteiger partial charge in [0.1, 0.15) is 11.6 Å². The molecule has 30 heavy (non-hydrogen) atoms. The predicted molar refractivity (Wildman–Crippen MR) is 120 cm³/mol. The average molecular weight is 504 g/mol. The van der Waals surface area contributed by atoms with Crippen molar-refractivity contribution in [2.45, 2.75) is 28.9 Å². The Morgan fingerprint density at radius 2 is 2.17 bits per heavy atom. The average Bonchev–Trinajstić information content (AvgIpc) is 3.35. The fourth-order valence-corrected chi connectivity index (χ4v) is 5.14. The van der Waals surface area contributed by atoms with E-state index < -0.39 is 0 Å². The van der Waals surface area contributed by atoms with Gasteiger partial charge in [-0.3, -0.25) is 10.1 Å². The number of H-pyrrole nitrogens is 1. The number of thioether (sulfide) groups is 1. The van der Waals surface area contributed by atoms with Gasteiger partial charge >= 0.3 is 0 Å². The van der Waals surface area contributed by atoms with E-state index in [0.717, 1.165) is 16.9 Å². The molecular weight excluding hydrogens is 489 g/mol. The van der Waals surface area contributed by atoms with Gasteiger partial charge in [0.2, 0.25) is 5.13 Å². The number of halogens is 2. The molecule has 6 nitrogen and oxygen atoms in total. The third-order valence-corrected chi connectivity index (χ3v) is 7.37. The molecule has 10 heteroatoms. The summed E-state index contributed by atoms with van der Waals surface area (Å²) in [5.74, 6) is 1.41. The lowest BCUT2D eigenvalue weighted by Gasteiger charge is -2.02. The van der Waals surface area contributed by atoms with Gasteiger partial charge in [0.25, 0.3) is 5.91 Å². The Balaban J connectivity index is 1.25. The molecule has 0 saturated heterocycles. The fourth-order valence-electron chi connectivity index (χ4n) is 3.01. The van der Waals surface area contributed by atoms with Crippen LogP contribution in [0.25, 0.3) is 11.0 Å². The van der Waals surface area contributed by atoms with Gasteiger partial charge in [0.15, 0.2) is 4.34 Å². The Morgan fingerprint density at radius 1 is 1.30 bits per heavy atom. The second kappa shape index (κ2) is 8.09. The molecule has 2 aromatic heterocycles. The number of aromatic amines is 1. The normalized spacial score (nSPS) is 13.7. The van der Waals surface area contributed by atoms with Gasteiger partial charge in [0, 0.05) is 17.2 Å². The van der Waals surface area contributed by atoms with Crippen LogP contribution < -0.4 is 5.32 Å². The van der Waals surface area contributed by atoms with E-state index >= 15 is 0 Å². The number of nitrogens with zero attached hydrogens (tertiary/aromatic N) is 3. The Kier molecular flexibility index (Phi) is 5.30. The van der Waals surface area contributed by atoms with Crippen molar-refractivity contribution in [1.29, 1.82) is 0 Å². The number of carbonyl (C=O) groups is 1. The van der Waals surface area contributed by atoms with Gasteiger partial charge in [-0.05, 0) is 58.6 Å². The number of amides is 1. The number of benzene rings is 2. The largest absolute Gasteiger partial charge is 0.342 e. The number of rotatable bonds is 6. The van der Waals surface area contributed by atoms with Crippen LogP contribution in [-0.4, -0.2) is 26.1 Å². The van der Waals surface area contributed by atoms with Crippen LogP contribution >= 0.6 is 39.0 Å². The van der Waals surface area contributed by atoms with Gasteiger partial charge < -0.3 is 4.98 Å². The van der Waals surface area contributed by atoms with Crippen molar-refractivity contribution < 1.29 is 9.18 Å². The Labute approximate surface area is 187 Å². The highest BCUT2D eigenvalue weighted by Crippen LogP contribution is 2.39. The molecule has 0 radical (unpaired) electrons. The molecule has 1 aliphatic carbocycles. The fraction of sp³-hybridized carbons (Fsp3) is 0.200. The molecule has 5 rings (SSSR count). The minimum absolute atomic E-state index is 0.259. The maximum atomic E-state index is 14.1. The summed E-state index contributed by atoms with van der Waals surface area (Å²) in [6.45, 7) is 0. The predicted octanol–water partition coefficient (Wildman–Crippen LogP) is 5.74. The standard InChI is InChI=1S/C20H15BrFN5OS2/c21-13-3-1-2-12(16(13)22)9-29-20-27-26-19(30-20)25-18(28)11-6-7-14-15(8-11)24-17(23-14)10-4-5-10/h1-3,6-8,10H,4-5,9H2,(H,23,24)(H,25,26,28). The van der Waals surface area contributed by atoms with E-state index in [-0.39, 0.29) is 11.7 Å². The quantitative estimate of drug-likeness (QED) is 0.259. The number of hydrogen-bond donors (Lipinski definition) is 2. The van der Waals surface area contributed by atoms with Crippen LogP contribution in [-0.2, 0) is 5.75 Å². The summed E-state index contributed by atoms with van der Waals surface area (Å²) in [6.07, 6.45) is 2.33. The molecule has 0 unspecified atom stereocenters. The number of aromatic nitrogens is 4. The molecule has 2 heterocycles. The van der Waals surface area contributed by atoms with Crippen molar-refractivity contribution in [3.05, 3.63) is 63.6 Å². The summed E-state index contributed by atoms with van der Waals surface area (Å²) >= 11 is 5.82. The summed E-state index contributed by atoms with van der Waals surface area (Å²) in [4.78, 5) is 20.5.